The van der Waals surface area contributed by atoms with Gasteiger partial charge in [-0.2, -0.15) is 0 Å². The van der Waals surface area contributed by atoms with E-state index in [4.69, 9.17) is 0 Å². The van der Waals surface area contributed by atoms with E-state index < -0.39 is 5.41 Å². The molecule has 0 unspecified atom stereocenters. The van der Waals surface area contributed by atoms with Gasteiger partial charge in [-0.15, -0.1) is 0 Å². The Morgan fingerprint density at radius 3 is 2.23 bits per heavy atom. The monoisotopic (exact) mass is 302 g/mol. The van der Waals surface area contributed by atoms with Crippen LogP contribution in [0.5, 0.6) is 0 Å². The Balaban J connectivity index is 2.15. The molecule has 1 aliphatic rings. The van der Waals surface area contributed by atoms with Crippen LogP contribution in [0.4, 0.5) is 5.69 Å². The first-order chi connectivity index (χ1) is 10.6. The molecule has 2 amide bonds. The number of benzene rings is 1. The Morgan fingerprint density at radius 2 is 1.73 bits per heavy atom. The van der Waals surface area contributed by atoms with Crippen molar-refractivity contribution in [1.82, 2.24) is 4.90 Å². The van der Waals surface area contributed by atoms with Gasteiger partial charge in [-0.1, -0.05) is 31.5 Å². The van der Waals surface area contributed by atoms with E-state index in [1.807, 2.05) is 44.3 Å². The number of nitrogens with zero attached hydrogens (tertiary/aromatic N) is 2. The summed E-state index contributed by atoms with van der Waals surface area (Å²) in [5, 5.41) is 0. The van der Waals surface area contributed by atoms with Crippen LogP contribution in [0, 0.1) is 5.41 Å². The Labute approximate surface area is 133 Å². The molecule has 0 heterocycles. The lowest BCUT2D eigenvalue weighted by molar-refractivity contribution is -0.142. The number of hydrogen-bond donors (Lipinski definition) is 0. The van der Waals surface area contributed by atoms with Gasteiger partial charge in [-0.25, -0.2) is 0 Å². The molecule has 2 rings (SSSR count). The molecule has 22 heavy (non-hydrogen) atoms. The summed E-state index contributed by atoms with van der Waals surface area (Å²) >= 11 is 0. The maximum Gasteiger partial charge on any atom is 0.242 e. The van der Waals surface area contributed by atoms with Crippen LogP contribution in [0.15, 0.2) is 30.3 Å². The maximum absolute atomic E-state index is 13.0. The van der Waals surface area contributed by atoms with Crippen LogP contribution >= 0.6 is 0 Å². The SMILES string of the molecule is CCCCN(C)C(=O)C1(C(=O)N(CC)c2ccccc2)CC1. The highest BCUT2D eigenvalue weighted by molar-refractivity contribution is 6.14. The van der Waals surface area contributed by atoms with Gasteiger partial charge in [0.25, 0.3) is 0 Å². The third kappa shape index (κ3) is 3.16. The summed E-state index contributed by atoms with van der Waals surface area (Å²) in [4.78, 5) is 29.1. The van der Waals surface area contributed by atoms with Crippen molar-refractivity contribution in [3.05, 3.63) is 30.3 Å². The first-order valence-corrected chi connectivity index (χ1v) is 8.19. The van der Waals surface area contributed by atoms with Crippen molar-refractivity contribution in [2.45, 2.75) is 39.5 Å². The molecule has 0 aliphatic heterocycles. The molecule has 1 aromatic rings. The highest BCUT2D eigenvalue weighted by atomic mass is 16.2. The second-order valence-electron chi connectivity index (χ2n) is 6.05. The molecule has 0 spiro atoms. The van der Waals surface area contributed by atoms with Crippen molar-refractivity contribution in [2.24, 2.45) is 5.41 Å². The Morgan fingerprint density at radius 1 is 1.09 bits per heavy atom. The fourth-order valence-corrected chi connectivity index (χ4v) is 2.82. The lowest BCUT2D eigenvalue weighted by atomic mass is 10.0. The highest BCUT2D eigenvalue weighted by Gasteiger charge is 2.58. The average molecular weight is 302 g/mol. The smallest absolute Gasteiger partial charge is 0.242 e. The lowest BCUT2D eigenvalue weighted by Gasteiger charge is -2.28. The van der Waals surface area contributed by atoms with Crippen molar-refractivity contribution in [1.29, 1.82) is 0 Å². The molecule has 0 atom stereocenters. The van der Waals surface area contributed by atoms with E-state index in [0.717, 1.165) is 25.1 Å². The maximum atomic E-state index is 13.0. The van der Waals surface area contributed by atoms with Gasteiger partial charge in [-0.3, -0.25) is 9.59 Å². The molecule has 1 aliphatic carbocycles. The minimum Gasteiger partial charge on any atom is -0.345 e. The van der Waals surface area contributed by atoms with E-state index in [1.54, 1.807) is 9.80 Å². The molecular formula is C18H26N2O2. The molecule has 120 valence electrons. The molecule has 4 heteroatoms. The fourth-order valence-electron chi connectivity index (χ4n) is 2.82. The number of hydrogen-bond acceptors (Lipinski definition) is 2. The largest absolute Gasteiger partial charge is 0.345 e. The second-order valence-corrected chi connectivity index (χ2v) is 6.05. The van der Waals surface area contributed by atoms with E-state index >= 15 is 0 Å². The molecule has 0 aromatic heterocycles. The van der Waals surface area contributed by atoms with Gasteiger partial charge in [0.2, 0.25) is 11.8 Å². The third-order valence-electron chi connectivity index (χ3n) is 4.39. The number of para-hydroxylation sites is 1. The normalized spacial score (nSPS) is 15.2. The van der Waals surface area contributed by atoms with Crippen LogP contribution in [0.1, 0.15) is 39.5 Å². The topological polar surface area (TPSA) is 40.6 Å². The molecule has 4 nitrogen and oxygen atoms in total. The molecule has 0 saturated heterocycles. The van der Waals surface area contributed by atoms with E-state index in [2.05, 4.69) is 6.92 Å². The van der Waals surface area contributed by atoms with Gasteiger partial charge in [0.1, 0.15) is 5.41 Å². The summed E-state index contributed by atoms with van der Waals surface area (Å²) in [6.45, 7) is 5.36. The van der Waals surface area contributed by atoms with Gasteiger partial charge in [0.15, 0.2) is 0 Å². The number of carbonyl (C=O) groups is 2. The standard InChI is InChI=1S/C18H26N2O2/c1-4-6-14-19(3)16(21)18(12-13-18)17(22)20(5-2)15-10-8-7-9-11-15/h7-11H,4-6,12-14H2,1-3H3. The minimum absolute atomic E-state index is 0.0136. The highest BCUT2D eigenvalue weighted by Crippen LogP contribution is 2.49. The van der Waals surface area contributed by atoms with Gasteiger partial charge >= 0.3 is 0 Å². The van der Waals surface area contributed by atoms with Crippen molar-refractivity contribution in [3.8, 4) is 0 Å². The number of anilines is 1. The lowest BCUT2D eigenvalue weighted by Crippen LogP contribution is -2.46. The molecule has 0 radical (unpaired) electrons. The quantitative estimate of drug-likeness (QED) is 0.726. The second kappa shape index (κ2) is 6.95. The first-order valence-electron chi connectivity index (χ1n) is 8.19. The number of unbranched alkanes of at least 4 members (excludes halogenated alkanes) is 1. The number of carbonyl (C=O) groups excluding carboxylic acids is 2. The Kier molecular flexibility index (Phi) is 5.22. The fraction of sp³-hybridized carbons (Fsp3) is 0.556. The van der Waals surface area contributed by atoms with E-state index in [-0.39, 0.29) is 11.8 Å². The van der Waals surface area contributed by atoms with Gasteiger partial charge in [0, 0.05) is 25.8 Å². The van der Waals surface area contributed by atoms with Crippen molar-refractivity contribution in [2.75, 3.05) is 25.0 Å². The van der Waals surface area contributed by atoms with Crippen LogP contribution in [0.2, 0.25) is 0 Å². The van der Waals surface area contributed by atoms with Crippen LogP contribution < -0.4 is 4.90 Å². The summed E-state index contributed by atoms with van der Waals surface area (Å²) in [6, 6.07) is 9.60. The predicted octanol–water partition coefficient (Wildman–Crippen LogP) is 3.08. The van der Waals surface area contributed by atoms with E-state index in [9.17, 15) is 9.59 Å². The van der Waals surface area contributed by atoms with Crippen LogP contribution in [0.3, 0.4) is 0 Å². The Hall–Kier alpha value is -1.84. The van der Waals surface area contributed by atoms with Gasteiger partial charge in [0.05, 0.1) is 0 Å². The first kappa shape index (κ1) is 16.5. The summed E-state index contributed by atoms with van der Waals surface area (Å²) < 4.78 is 0. The zero-order valence-electron chi connectivity index (χ0n) is 13.8. The third-order valence-corrected chi connectivity index (χ3v) is 4.39. The number of amides is 2. The molecule has 1 aromatic carbocycles. The van der Waals surface area contributed by atoms with Crippen molar-refractivity contribution >= 4 is 17.5 Å². The summed E-state index contributed by atoms with van der Waals surface area (Å²) in [5.74, 6) is -0.0603. The summed E-state index contributed by atoms with van der Waals surface area (Å²) in [7, 11) is 1.81. The van der Waals surface area contributed by atoms with Crippen LogP contribution in [0.25, 0.3) is 0 Å². The van der Waals surface area contributed by atoms with Crippen molar-refractivity contribution < 1.29 is 9.59 Å². The molecular weight excluding hydrogens is 276 g/mol. The van der Waals surface area contributed by atoms with Gasteiger partial charge in [-0.05, 0) is 38.3 Å². The van der Waals surface area contributed by atoms with Crippen LogP contribution in [-0.4, -0.2) is 36.9 Å². The van der Waals surface area contributed by atoms with E-state index in [0.29, 0.717) is 19.4 Å². The average Bonchev–Trinajstić information content (AvgIpc) is 3.35. The van der Waals surface area contributed by atoms with Gasteiger partial charge < -0.3 is 9.80 Å². The Bertz CT molecular complexity index is 523. The van der Waals surface area contributed by atoms with Crippen molar-refractivity contribution in [3.63, 3.8) is 0 Å². The van der Waals surface area contributed by atoms with Crippen LogP contribution in [-0.2, 0) is 9.59 Å². The number of rotatable bonds is 7. The van der Waals surface area contributed by atoms with E-state index in [1.165, 1.54) is 0 Å². The molecule has 0 bridgehead atoms. The molecule has 1 fully saturated rings. The minimum atomic E-state index is -0.811. The zero-order valence-corrected chi connectivity index (χ0v) is 13.8. The summed E-state index contributed by atoms with van der Waals surface area (Å²) in [5.41, 5.74) is 0.0548. The zero-order chi connectivity index (χ0) is 16.2. The molecule has 1 saturated carbocycles. The predicted molar refractivity (Wildman–Crippen MR) is 88.7 cm³/mol. The summed E-state index contributed by atoms with van der Waals surface area (Å²) in [6.07, 6.45) is 3.36. The molecule has 0 N–H and O–H groups in total.